The van der Waals surface area contributed by atoms with Crippen molar-refractivity contribution in [1.29, 1.82) is 0 Å². The van der Waals surface area contributed by atoms with Crippen LogP contribution in [-0.2, 0) is 0 Å². The summed E-state index contributed by atoms with van der Waals surface area (Å²) in [6.07, 6.45) is 0. The third-order valence-electron chi connectivity index (χ3n) is 1.50. The molecular weight excluding hydrogens is 151 g/mol. The van der Waals surface area contributed by atoms with Gasteiger partial charge in [0.1, 0.15) is 0 Å². The fourth-order valence-corrected chi connectivity index (χ4v) is 115. The van der Waals surface area contributed by atoms with Crippen molar-refractivity contribution in [2.24, 2.45) is 0 Å². The molecule has 1 fully saturated rings. The summed E-state index contributed by atoms with van der Waals surface area (Å²) in [7, 11) is 4.29. The van der Waals surface area contributed by atoms with Crippen LogP contribution >= 0.6 is 0 Å². The van der Waals surface area contributed by atoms with Crippen molar-refractivity contribution in [3.8, 4) is 0 Å². The lowest BCUT2D eigenvalue weighted by Gasteiger charge is -2.00. The van der Waals surface area contributed by atoms with Crippen molar-refractivity contribution in [3.63, 3.8) is 0 Å². The highest BCUT2D eigenvalue weighted by atomic mass is 29.8. The molecule has 0 bridgehead atoms. The Morgan fingerprint density at radius 3 is 1.67 bits per heavy atom. The van der Waals surface area contributed by atoms with Crippen molar-refractivity contribution < 1.29 is 0 Å². The Labute approximate surface area is 50.3 Å². The van der Waals surface area contributed by atoms with Gasteiger partial charge < -0.3 is 0 Å². The quantitative estimate of drug-likeness (QED) is 0.312. The fourth-order valence-electron chi connectivity index (χ4n) is 1.06. The van der Waals surface area contributed by atoms with E-state index in [-0.39, 0.29) is 0 Å². The van der Waals surface area contributed by atoms with Gasteiger partial charge in [0.15, 0.2) is 0 Å². The van der Waals surface area contributed by atoms with E-state index in [0.717, 1.165) is 43.5 Å². The van der Waals surface area contributed by atoms with Crippen LogP contribution in [0.2, 0.25) is 0 Å². The van der Waals surface area contributed by atoms with E-state index in [4.69, 9.17) is 0 Å². The lowest BCUT2D eigenvalue weighted by molar-refractivity contribution is 3.75. The Balaban J connectivity index is 2.00. The van der Waals surface area contributed by atoms with E-state index in [2.05, 4.69) is 0 Å². The second-order valence-electron chi connectivity index (χ2n) is 2.12. The summed E-state index contributed by atoms with van der Waals surface area (Å²) < 4.78 is 0. The second-order valence-corrected chi connectivity index (χ2v) is 38.2. The lowest BCUT2D eigenvalue weighted by atomic mass is 10.7. The minimum absolute atomic E-state index is 0.806. The van der Waals surface area contributed by atoms with Gasteiger partial charge in [0, 0.05) is 0 Å². The standard InChI is InChI=1S/BH11Si5/c1-2-4-6-5-3-1/h1H,2-6H2. The van der Waals surface area contributed by atoms with Gasteiger partial charge in [-0.3, -0.25) is 0 Å². The lowest BCUT2D eigenvalue weighted by Crippen LogP contribution is -2.38. The van der Waals surface area contributed by atoms with E-state index >= 15 is 0 Å². The fraction of sp³-hybridized carbons (Fsp3) is 0. The monoisotopic (exact) mass is 162 g/mol. The Kier molecular flexibility index (Phi) is 2.81. The van der Waals surface area contributed by atoms with Crippen molar-refractivity contribution in [1.82, 2.24) is 0 Å². The molecule has 0 nitrogen and oxygen atoms in total. The molecule has 0 aromatic carbocycles. The summed E-state index contributed by atoms with van der Waals surface area (Å²) in [5, 5.41) is 0. The first kappa shape index (κ1) is 5.29. The van der Waals surface area contributed by atoms with Crippen LogP contribution < -0.4 is 0 Å². The average Bonchev–Trinajstić information content (AvgIpc) is 1.72. The largest absolute Gasteiger partial charge is 0.0901 e. The van der Waals surface area contributed by atoms with Crippen molar-refractivity contribution >= 4 is 49.9 Å². The first-order valence-corrected chi connectivity index (χ1v) is 21.0. The molecule has 1 heterocycles. The van der Waals surface area contributed by atoms with E-state index in [9.17, 15) is 0 Å². The summed E-state index contributed by atoms with van der Waals surface area (Å²) in [4.78, 5) is 0. The van der Waals surface area contributed by atoms with Gasteiger partial charge in [-0.05, 0) is 43.5 Å². The van der Waals surface area contributed by atoms with Gasteiger partial charge in [-0.2, -0.15) is 0 Å². The van der Waals surface area contributed by atoms with Crippen LogP contribution in [0.3, 0.4) is 0 Å². The zero-order chi connectivity index (χ0) is 4.24. The first-order chi connectivity index (χ1) is 3.00. The van der Waals surface area contributed by atoms with Crippen LogP contribution in [0, 0.1) is 0 Å². The summed E-state index contributed by atoms with van der Waals surface area (Å²) in [6.45, 7) is 1.94. The number of hydrogen-bond donors (Lipinski definition) is 0. The summed E-state index contributed by atoms with van der Waals surface area (Å²) in [6, 6.07) is 0. The van der Waals surface area contributed by atoms with Crippen molar-refractivity contribution in [2.45, 2.75) is 0 Å². The molecule has 0 saturated carbocycles. The van der Waals surface area contributed by atoms with Crippen LogP contribution in [0.5, 0.6) is 0 Å². The molecule has 0 spiro atoms. The zero-order valence-corrected chi connectivity index (χ0v) is 11.3. The molecule has 1 rings (SSSR count). The van der Waals surface area contributed by atoms with E-state index in [1.54, 1.807) is 0 Å². The summed E-state index contributed by atoms with van der Waals surface area (Å²) in [5.41, 5.74) is 0. The van der Waals surface area contributed by atoms with Crippen LogP contribution in [0.25, 0.3) is 0 Å². The van der Waals surface area contributed by atoms with Gasteiger partial charge in [-0.15, -0.1) is 0 Å². The van der Waals surface area contributed by atoms with E-state index in [1.807, 2.05) is 6.46 Å². The van der Waals surface area contributed by atoms with E-state index in [1.165, 1.54) is 0 Å². The minimum atomic E-state index is 0.806. The van der Waals surface area contributed by atoms with Gasteiger partial charge in [-0.1, -0.05) is 0 Å². The Morgan fingerprint density at radius 1 is 0.833 bits per heavy atom. The van der Waals surface area contributed by atoms with Gasteiger partial charge in [0.25, 0.3) is 0 Å². The van der Waals surface area contributed by atoms with Gasteiger partial charge >= 0.3 is 0 Å². The third kappa shape index (κ3) is 1.73. The van der Waals surface area contributed by atoms with Crippen molar-refractivity contribution in [3.05, 3.63) is 0 Å². The van der Waals surface area contributed by atoms with Crippen LogP contribution in [-0.4, -0.2) is 49.9 Å². The zero-order valence-electron chi connectivity index (χ0n) is 4.24. The molecule has 0 atom stereocenters. The Bertz CT molecular complexity index is 19.4. The van der Waals surface area contributed by atoms with Gasteiger partial charge in [0.05, 0.1) is 6.46 Å². The molecule has 1 saturated heterocycles. The molecule has 1 aliphatic heterocycles. The molecule has 34 valence electrons. The first-order valence-electron chi connectivity index (χ1n) is 3.00. The topological polar surface area (TPSA) is 0 Å². The maximum Gasteiger partial charge on any atom is 0.0901 e. The Hall–Kier alpha value is 1.15. The molecule has 6 heavy (non-hydrogen) atoms. The average molecular weight is 162 g/mol. The highest BCUT2D eigenvalue weighted by Crippen LogP contribution is 1.62. The van der Waals surface area contributed by atoms with Crippen LogP contribution in [0.15, 0.2) is 0 Å². The predicted octanol–water partition coefficient (Wildman–Crippen LogP) is -5.23. The SMILES string of the molecule is B1[SiH2][SiH2][SiH2][SiH2][SiH2]1. The summed E-state index contributed by atoms with van der Waals surface area (Å²) >= 11 is 0. The Morgan fingerprint density at radius 2 is 1.50 bits per heavy atom. The third-order valence-corrected chi connectivity index (χ3v) is 67.5. The molecule has 0 aliphatic carbocycles. The molecule has 6 heteroatoms. The molecule has 0 radical (unpaired) electrons. The smallest absolute Gasteiger partial charge is 0.0270 e. The predicted molar refractivity (Wildman–Crippen MR) is 49.9 cm³/mol. The molecule has 0 N–H and O–H groups in total. The maximum absolute atomic E-state index is 1.94. The molecule has 0 aromatic heterocycles. The minimum Gasteiger partial charge on any atom is -0.0270 e. The molecule has 1 aliphatic rings. The number of rotatable bonds is 0. The van der Waals surface area contributed by atoms with Gasteiger partial charge in [0.2, 0.25) is 0 Å². The molecule has 0 aromatic rings. The second kappa shape index (κ2) is 3.19. The highest BCUT2D eigenvalue weighted by molar-refractivity contribution is 7.76. The number of hydrogen-bond acceptors (Lipinski definition) is 0. The van der Waals surface area contributed by atoms with Crippen LogP contribution in [0.1, 0.15) is 0 Å². The maximum atomic E-state index is 1.94. The molecule has 0 amide bonds. The van der Waals surface area contributed by atoms with Crippen LogP contribution in [0.4, 0.5) is 0 Å². The summed E-state index contributed by atoms with van der Waals surface area (Å²) in [5.74, 6) is 0. The molecule has 0 unspecified atom stereocenters. The van der Waals surface area contributed by atoms with E-state index < -0.39 is 0 Å². The van der Waals surface area contributed by atoms with E-state index in [0.29, 0.717) is 0 Å². The molecular formula is H11BSi5. The van der Waals surface area contributed by atoms with Crippen molar-refractivity contribution in [2.75, 3.05) is 0 Å². The van der Waals surface area contributed by atoms with Gasteiger partial charge in [-0.25, -0.2) is 0 Å². The normalized spacial score (nSPS) is 42.7. The highest BCUT2D eigenvalue weighted by Gasteiger charge is 2.00.